The van der Waals surface area contributed by atoms with Gasteiger partial charge >= 0.3 is 0 Å². The van der Waals surface area contributed by atoms with Crippen LogP contribution in [0, 0.1) is 13.8 Å². The lowest BCUT2D eigenvalue weighted by atomic mass is 10.1. The van der Waals surface area contributed by atoms with Gasteiger partial charge in [-0.1, -0.05) is 66.6 Å². The molecule has 0 aliphatic rings. The van der Waals surface area contributed by atoms with Crippen LogP contribution in [-0.2, 0) is 21.9 Å². The Bertz CT molecular complexity index is 822. The van der Waals surface area contributed by atoms with Gasteiger partial charge < -0.3 is 10.2 Å². The van der Waals surface area contributed by atoms with E-state index in [4.69, 9.17) is 0 Å². The quantitative estimate of drug-likeness (QED) is 0.626. The van der Waals surface area contributed by atoms with Crippen molar-refractivity contribution in [3.05, 3.63) is 70.8 Å². The molecular weight excluding hydrogens is 380 g/mol. The van der Waals surface area contributed by atoms with Gasteiger partial charge in [0.2, 0.25) is 11.8 Å². The Morgan fingerprint density at radius 1 is 1.00 bits per heavy atom. The summed E-state index contributed by atoms with van der Waals surface area (Å²) in [6, 6.07) is 16.0. The number of amides is 2. The summed E-state index contributed by atoms with van der Waals surface area (Å²) in [6.07, 6.45) is 0.589. The minimum Gasteiger partial charge on any atom is -0.355 e. The van der Waals surface area contributed by atoms with Crippen molar-refractivity contribution in [2.75, 3.05) is 12.3 Å². The topological polar surface area (TPSA) is 49.4 Å². The van der Waals surface area contributed by atoms with Crippen molar-refractivity contribution in [1.29, 1.82) is 0 Å². The number of carbonyl (C=O) groups is 2. The Kier molecular flexibility index (Phi) is 9.26. The van der Waals surface area contributed by atoms with Crippen LogP contribution in [0.3, 0.4) is 0 Å². The first-order valence-electron chi connectivity index (χ1n) is 10.2. The number of rotatable bonds is 10. The summed E-state index contributed by atoms with van der Waals surface area (Å²) in [4.78, 5) is 27.5. The first kappa shape index (κ1) is 23.0. The summed E-state index contributed by atoms with van der Waals surface area (Å²) >= 11 is 1.60. The van der Waals surface area contributed by atoms with E-state index in [1.54, 1.807) is 16.7 Å². The fourth-order valence-electron chi connectivity index (χ4n) is 3.36. The van der Waals surface area contributed by atoms with Gasteiger partial charge in [-0.2, -0.15) is 0 Å². The van der Waals surface area contributed by atoms with Gasteiger partial charge in [0.15, 0.2) is 0 Å². The van der Waals surface area contributed by atoms with E-state index in [0.717, 1.165) is 16.9 Å². The molecule has 1 atom stereocenters. The Morgan fingerprint density at radius 3 is 2.21 bits per heavy atom. The molecule has 0 aliphatic carbocycles. The highest BCUT2D eigenvalue weighted by Gasteiger charge is 2.28. The zero-order chi connectivity index (χ0) is 21.2. The number of carbonyl (C=O) groups excluding carboxylic acids is 2. The predicted octanol–water partition coefficient (Wildman–Crippen LogP) is 4.48. The molecule has 2 aromatic rings. The second-order valence-electron chi connectivity index (χ2n) is 7.31. The summed E-state index contributed by atoms with van der Waals surface area (Å²) in [7, 11) is 0. The van der Waals surface area contributed by atoms with Crippen LogP contribution in [0.5, 0.6) is 0 Å². The highest BCUT2D eigenvalue weighted by Crippen LogP contribution is 2.18. The predicted molar refractivity (Wildman–Crippen MR) is 122 cm³/mol. The van der Waals surface area contributed by atoms with Crippen LogP contribution in [-0.4, -0.2) is 35.1 Å². The third kappa shape index (κ3) is 7.24. The third-order valence-electron chi connectivity index (χ3n) is 4.75. The van der Waals surface area contributed by atoms with Gasteiger partial charge in [-0.25, -0.2) is 0 Å². The van der Waals surface area contributed by atoms with Crippen molar-refractivity contribution >= 4 is 23.6 Å². The molecule has 2 rings (SSSR count). The molecule has 0 aromatic heterocycles. The second-order valence-corrected chi connectivity index (χ2v) is 8.30. The molecule has 0 spiro atoms. The van der Waals surface area contributed by atoms with E-state index in [0.29, 0.717) is 25.3 Å². The second kappa shape index (κ2) is 11.7. The summed E-state index contributed by atoms with van der Waals surface area (Å²) < 4.78 is 0. The maximum Gasteiger partial charge on any atom is 0.242 e. The zero-order valence-corrected chi connectivity index (χ0v) is 18.7. The Balaban J connectivity index is 2.11. The fourth-order valence-corrected chi connectivity index (χ4v) is 4.22. The molecule has 0 radical (unpaired) electrons. The number of benzene rings is 2. The molecule has 0 aliphatic heterocycles. The molecule has 0 bridgehead atoms. The smallest absolute Gasteiger partial charge is 0.242 e. The number of hydrogen-bond acceptors (Lipinski definition) is 3. The van der Waals surface area contributed by atoms with Gasteiger partial charge in [-0.05, 0) is 38.3 Å². The van der Waals surface area contributed by atoms with Crippen LogP contribution in [0.1, 0.15) is 42.5 Å². The van der Waals surface area contributed by atoms with Crippen LogP contribution >= 0.6 is 11.8 Å². The lowest BCUT2D eigenvalue weighted by Crippen LogP contribution is -2.49. The number of aryl methyl sites for hydroxylation is 2. The van der Waals surface area contributed by atoms with Crippen LogP contribution in [0.2, 0.25) is 0 Å². The number of hydrogen-bond donors (Lipinski definition) is 1. The molecular formula is C24H32N2O2S. The van der Waals surface area contributed by atoms with Crippen LogP contribution < -0.4 is 5.32 Å². The SMILES string of the molecule is CCNC(=O)C(CC)N(Cc1cccc(C)c1)C(=O)CSCc1cccc(C)c1. The number of nitrogens with zero attached hydrogens (tertiary/aromatic N) is 1. The van der Waals surface area contributed by atoms with Crippen molar-refractivity contribution in [3.8, 4) is 0 Å². The monoisotopic (exact) mass is 412 g/mol. The van der Waals surface area contributed by atoms with Crippen LogP contribution in [0.25, 0.3) is 0 Å². The fraction of sp³-hybridized carbons (Fsp3) is 0.417. The van der Waals surface area contributed by atoms with Gasteiger partial charge in [0.1, 0.15) is 6.04 Å². The van der Waals surface area contributed by atoms with Gasteiger partial charge in [0.25, 0.3) is 0 Å². The molecule has 156 valence electrons. The molecule has 0 heterocycles. The number of likely N-dealkylation sites (N-methyl/N-ethyl adjacent to an activating group) is 1. The van der Waals surface area contributed by atoms with Gasteiger partial charge in [0, 0.05) is 18.8 Å². The molecule has 5 heteroatoms. The third-order valence-corrected chi connectivity index (χ3v) is 5.74. The highest BCUT2D eigenvalue weighted by molar-refractivity contribution is 7.99. The average molecular weight is 413 g/mol. The Morgan fingerprint density at radius 2 is 1.62 bits per heavy atom. The summed E-state index contributed by atoms with van der Waals surface area (Å²) in [6.45, 7) is 8.96. The minimum atomic E-state index is -0.456. The van der Waals surface area contributed by atoms with E-state index in [1.807, 2.05) is 45.0 Å². The molecule has 2 aromatic carbocycles. The standard InChI is InChI=1S/C24H32N2O2S/c1-5-22(24(28)25-6-2)26(15-20-11-7-9-18(3)13-20)23(27)17-29-16-21-12-8-10-19(4)14-21/h7-14,22H,5-6,15-17H2,1-4H3,(H,25,28). The lowest BCUT2D eigenvalue weighted by molar-refractivity contribution is -0.139. The van der Waals surface area contributed by atoms with Gasteiger partial charge in [-0.3, -0.25) is 9.59 Å². The van der Waals surface area contributed by atoms with Crippen LogP contribution in [0.15, 0.2) is 48.5 Å². The molecule has 4 nitrogen and oxygen atoms in total. The van der Waals surface area contributed by atoms with Gasteiger partial charge in [-0.15, -0.1) is 11.8 Å². The van der Waals surface area contributed by atoms with Crippen molar-refractivity contribution in [2.45, 2.75) is 52.5 Å². The summed E-state index contributed by atoms with van der Waals surface area (Å²) in [5, 5.41) is 2.88. The molecule has 1 N–H and O–H groups in total. The minimum absolute atomic E-state index is 0.00209. The Labute approximate surface area is 179 Å². The molecule has 2 amide bonds. The normalized spacial score (nSPS) is 11.7. The largest absolute Gasteiger partial charge is 0.355 e. The Hall–Kier alpha value is -2.27. The molecule has 0 saturated heterocycles. The van der Waals surface area contributed by atoms with E-state index in [1.165, 1.54) is 11.1 Å². The van der Waals surface area contributed by atoms with E-state index in [2.05, 4.69) is 36.5 Å². The van der Waals surface area contributed by atoms with Crippen molar-refractivity contribution in [2.24, 2.45) is 0 Å². The van der Waals surface area contributed by atoms with Crippen molar-refractivity contribution < 1.29 is 9.59 Å². The van der Waals surface area contributed by atoms with E-state index < -0.39 is 6.04 Å². The molecule has 0 saturated carbocycles. The molecule has 29 heavy (non-hydrogen) atoms. The highest BCUT2D eigenvalue weighted by atomic mass is 32.2. The maximum atomic E-state index is 13.1. The summed E-state index contributed by atoms with van der Waals surface area (Å²) in [5.41, 5.74) is 4.63. The van der Waals surface area contributed by atoms with E-state index >= 15 is 0 Å². The molecule has 0 fully saturated rings. The van der Waals surface area contributed by atoms with E-state index in [-0.39, 0.29) is 11.8 Å². The number of thioether (sulfide) groups is 1. The van der Waals surface area contributed by atoms with E-state index in [9.17, 15) is 9.59 Å². The van der Waals surface area contributed by atoms with Crippen LogP contribution in [0.4, 0.5) is 0 Å². The van der Waals surface area contributed by atoms with Crippen molar-refractivity contribution in [1.82, 2.24) is 10.2 Å². The first-order valence-corrected chi connectivity index (χ1v) is 11.4. The maximum absolute atomic E-state index is 13.1. The molecule has 1 unspecified atom stereocenters. The van der Waals surface area contributed by atoms with Crippen molar-refractivity contribution in [3.63, 3.8) is 0 Å². The summed E-state index contributed by atoms with van der Waals surface area (Å²) in [5.74, 6) is 1.06. The first-order chi connectivity index (χ1) is 13.9. The zero-order valence-electron chi connectivity index (χ0n) is 17.9. The lowest BCUT2D eigenvalue weighted by Gasteiger charge is -2.30. The van der Waals surface area contributed by atoms with Gasteiger partial charge in [0.05, 0.1) is 5.75 Å². The average Bonchev–Trinajstić information content (AvgIpc) is 2.68. The number of nitrogens with one attached hydrogen (secondary N) is 1.